The minimum atomic E-state index is -1.36. The van der Waals surface area contributed by atoms with Gasteiger partial charge in [-0.1, -0.05) is 55.8 Å². The largest absolute Gasteiger partial charge is 0.490 e. The van der Waals surface area contributed by atoms with Crippen molar-refractivity contribution in [1.29, 1.82) is 0 Å². The lowest BCUT2D eigenvalue weighted by Gasteiger charge is -2.60. The van der Waals surface area contributed by atoms with Gasteiger partial charge >= 0.3 is 6.03 Å². The van der Waals surface area contributed by atoms with Crippen molar-refractivity contribution in [3.63, 3.8) is 0 Å². The number of aliphatic hydroxyl groups is 2. The van der Waals surface area contributed by atoms with Gasteiger partial charge in [0.1, 0.15) is 24.1 Å². The summed E-state index contributed by atoms with van der Waals surface area (Å²) in [5, 5.41) is 28.0. The van der Waals surface area contributed by atoms with Crippen LogP contribution in [0.3, 0.4) is 0 Å². The van der Waals surface area contributed by atoms with Crippen LogP contribution in [0.2, 0.25) is 0 Å². The topological polar surface area (TPSA) is 150 Å². The molecule has 3 heterocycles. The van der Waals surface area contributed by atoms with Gasteiger partial charge in [0, 0.05) is 50.6 Å². The van der Waals surface area contributed by atoms with Gasteiger partial charge in [-0.05, 0) is 98.2 Å². The van der Waals surface area contributed by atoms with Crippen molar-refractivity contribution in [2.75, 3.05) is 46.4 Å². The smallest absolute Gasteiger partial charge is 0.318 e. The first-order valence-electron chi connectivity index (χ1n) is 22.0. The molecular weight excluding hydrogens is 767 g/mol. The number of amides is 2. The predicted molar refractivity (Wildman–Crippen MR) is 227 cm³/mol. The number of ether oxygens (including phenoxy) is 6. The van der Waals surface area contributed by atoms with E-state index in [0.29, 0.717) is 68.4 Å². The average molecular weight is 830 g/mol. The Morgan fingerprint density at radius 2 is 1.80 bits per heavy atom. The zero-order valence-corrected chi connectivity index (χ0v) is 35.1. The first-order valence-corrected chi connectivity index (χ1v) is 22.0. The fourth-order valence-electron chi connectivity index (χ4n) is 9.78. The number of urea groups is 1. The lowest BCUT2D eigenvalue weighted by Crippen LogP contribution is -2.70. The van der Waals surface area contributed by atoms with Gasteiger partial charge in [0.25, 0.3) is 0 Å². The molecule has 7 atom stereocenters. The second-order valence-corrected chi connectivity index (χ2v) is 16.3. The summed E-state index contributed by atoms with van der Waals surface area (Å²) in [6, 6.07) is 10.7. The lowest BCUT2D eigenvalue weighted by molar-refractivity contribution is -0.254. The van der Waals surface area contributed by atoms with Crippen LogP contribution in [0, 0.1) is 17.8 Å². The number of allylic oxidation sites excluding steroid dienone is 1. The summed E-state index contributed by atoms with van der Waals surface area (Å²) in [6.07, 6.45) is 13.8. The molecule has 13 heteroatoms. The van der Waals surface area contributed by atoms with Crippen LogP contribution >= 0.6 is 0 Å². The molecular formula is C47H63N3O10. The zero-order valence-electron chi connectivity index (χ0n) is 35.1. The van der Waals surface area contributed by atoms with E-state index in [1.54, 1.807) is 12.2 Å². The van der Waals surface area contributed by atoms with Gasteiger partial charge in [0.2, 0.25) is 18.9 Å². The molecule has 60 heavy (non-hydrogen) atoms. The number of carbonyl (C=O) groups excluding carboxylic acids is 1. The summed E-state index contributed by atoms with van der Waals surface area (Å²) >= 11 is 0. The Morgan fingerprint density at radius 3 is 2.57 bits per heavy atom. The van der Waals surface area contributed by atoms with Crippen molar-refractivity contribution >= 4 is 11.7 Å². The second-order valence-electron chi connectivity index (χ2n) is 16.3. The third kappa shape index (κ3) is 9.49. The van der Waals surface area contributed by atoms with E-state index in [1.807, 2.05) is 35.2 Å². The highest BCUT2D eigenvalue weighted by Crippen LogP contribution is 2.62. The van der Waals surface area contributed by atoms with Crippen LogP contribution in [0.4, 0.5) is 4.79 Å². The quantitative estimate of drug-likeness (QED) is 0.0648. The van der Waals surface area contributed by atoms with Crippen molar-refractivity contribution in [2.45, 2.75) is 108 Å². The number of nitrogens with zero attached hydrogens (tertiary/aromatic N) is 2. The van der Waals surface area contributed by atoms with E-state index in [2.05, 4.69) is 37.5 Å². The Hall–Kier alpha value is -4.56. The highest BCUT2D eigenvalue weighted by Gasteiger charge is 2.65. The summed E-state index contributed by atoms with van der Waals surface area (Å²) in [7, 11) is 0. The standard InChI is InChI=1S/C47H63N3O10/c1-4-20-50(46(53)48-30-32-16-18-40-41(26-32)57-31-56-40)42-29-38(49-60-43-15-9-12-25-55-43)36-27-33(13-7-10-21-51)35(14-8-11-22-52)44-37-28-34(54-23-5-2)17-19-39(37)59-47(42,45(36)44)58-24-6-3/h5-6,16-19,26-28,33,35,42-45,51-52H,2-4,7-15,20-25,29-31H2,1H3,(H,48,53). The van der Waals surface area contributed by atoms with Gasteiger partial charge in [-0.3, -0.25) is 0 Å². The number of hydrogen-bond acceptors (Lipinski definition) is 11. The minimum Gasteiger partial charge on any atom is -0.490 e. The van der Waals surface area contributed by atoms with Gasteiger partial charge < -0.3 is 53.7 Å². The molecule has 0 aromatic heterocycles. The van der Waals surface area contributed by atoms with E-state index in [1.165, 1.54) is 0 Å². The van der Waals surface area contributed by atoms with Gasteiger partial charge in [-0.15, -0.1) is 6.58 Å². The van der Waals surface area contributed by atoms with Gasteiger partial charge in [0.05, 0.1) is 24.8 Å². The van der Waals surface area contributed by atoms with Crippen LogP contribution in [0.5, 0.6) is 23.0 Å². The van der Waals surface area contributed by atoms with E-state index >= 15 is 0 Å². The molecule has 1 saturated heterocycles. The molecule has 2 aliphatic carbocycles. The van der Waals surface area contributed by atoms with E-state index in [-0.39, 0.29) is 56.9 Å². The molecule has 2 aromatic rings. The van der Waals surface area contributed by atoms with Gasteiger partial charge in [0.15, 0.2) is 11.5 Å². The van der Waals surface area contributed by atoms with E-state index < -0.39 is 24.0 Å². The molecule has 2 amide bonds. The normalized spacial score (nSPS) is 26.9. The predicted octanol–water partition coefficient (Wildman–Crippen LogP) is 7.76. The number of benzene rings is 2. The number of hydrogen-bond donors (Lipinski definition) is 3. The molecule has 326 valence electrons. The lowest BCUT2D eigenvalue weighted by atomic mass is 9.55. The molecule has 2 fully saturated rings. The minimum absolute atomic E-state index is 0.0926. The van der Waals surface area contributed by atoms with Crippen molar-refractivity contribution in [3.05, 3.63) is 84.5 Å². The van der Waals surface area contributed by atoms with Crippen LogP contribution in [-0.4, -0.2) is 91.3 Å². The molecule has 3 N–H and O–H groups in total. The summed E-state index contributed by atoms with van der Waals surface area (Å²) in [4.78, 5) is 22.9. The van der Waals surface area contributed by atoms with E-state index in [0.717, 1.165) is 67.4 Å². The fourth-order valence-corrected chi connectivity index (χ4v) is 9.78. The van der Waals surface area contributed by atoms with Crippen molar-refractivity contribution in [1.82, 2.24) is 10.2 Å². The van der Waals surface area contributed by atoms with Gasteiger partial charge in [-0.25, -0.2) is 4.79 Å². The number of fused-ring (bicyclic) bond motifs is 3. The monoisotopic (exact) mass is 829 g/mol. The molecule has 1 saturated carbocycles. The number of rotatable bonds is 21. The summed E-state index contributed by atoms with van der Waals surface area (Å²) in [5.74, 6) is 0.947. The molecule has 7 rings (SSSR count). The highest BCUT2D eigenvalue weighted by molar-refractivity contribution is 6.03. The Labute approximate surface area is 354 Å². The average Bonchev–Trinajstić information content (AvgIpc) is 3.75. The molecule has 0 radical (unpaired) electrons. The summed E-state index contributed by atoms with van der Waals surface area (Å²) < 4.78 is 37.7. The molecule has 5 aliphatic rings. The molecule has 0 bridgehead atoms. The highest BCUT2D eigenvalue weighted by atomic mass is 16.8. The Bertz CT molecular complexity index is 1840. The summed E-state index contributed by atoms with van der Waals surface area (Å²) in [6.45, 7) is 12.2. The number of carbonyl (C=O) groups is 1. The SMILES string of the molecule is C=CCOc1ccc2c(c1)C1C(CCCCO)C(CCCCO)C=C3C(=NOC4CCCCO4)CC(N(CCC)C(=O)NCc4ccc5c(c4)OCO5)C(OCC=C)(O2)C31. The Morgan fingerprint density at radius 1 is 1.00 bits per heavy atom. The molecule has 13 nitrogen and oxygen atoms in total. The maximum absolute atomic E-state index is 14.8. The Kier molecular flexibility index (Phi) is 15.1. The number of nitrogens with one attached hydrogen (secondary N) is 1. The van der Waals surface area contributed by atoms with Crippen molar-refractivity contribution in [2.24, 2.45) is 22.9 Å². The molecule has 7 unspecified atom stereocenters. The summed E-state index contributed by atoms with van der Waals surface area (Å²) in [5.41, 5.74) is 3.58. The van der Waals surface area contributed by atoms with Crippen LogP contribution in [0.25, 0.3) is 0 Å². The molecule has 0 spiro atoms. The van der Waals surface area contributed by atoms with E-state index in [4.69, 9.17) is 38.4 Å². The maximum atomic E-state index is 14.8. The van der Waals surface area contributed by atoms with E-state index in [9.17, 15) is 15.0 Å². The van der Waals surface area contributed by atoms with Crippen LogP contribution < -0.4 is 24.3 Å². The molecule has 2 aromatic carbocycles. The maximum Gasteiger partial charge on any atom is 0.318 e. The first-order chi connectivity index (χ1) is 29.4. The Balaban J connectivity index is 1.37. The van der Waals surface area contributed by atoms with Crippen molar-refractivity contribution < 1.29 is 48.3 Å². The first kappa shape index (κ1) is 43.5. The number of aliphatic hydroxyl groups excluding tert-OH is 2. The fraction of sp³-hybridized carbons (Fsp3) is 0.574. The molecule has 3 aliphatic heterocycles. The van der Waals surface area contributed by atoms with Crippen LogP contribution in [0.15, 0.2) is 78.5 Å². The van der Waals surface area contributed by atoms with Crippen molar-refractivity contribution in [3.8, 4) is 23.0 Å². The number of unbranched alkanes of at least 4 members (excludes halogenated alkanes) is 2. The van der Waals surface area contributed by atoms with Crippen LogP contribution in [-0.2, 0) is 20.9 Å². The van der Waals surface area contributed by atoms with Crippen LogP contribution in [0.1, 0.15) is 94.6 Å². The third-order valence-electron chi connectivity index (χ3n) is 12.4. The number of oxime groups is 1. The second kappa shape index (κ2) is 20.8. The van der Waals surface area contributed by atoms with Gasteiger partial charge in [-0.2, -0.15) is 0 Å². The third-order valence-corrected chi connectivity index (χ3v) is 12.4. The zero-order chi connectivity index (χ0) is 41.9.